The number of unbranched alkanes of at least 4 members (excludes halogenated alkanes) is 4. The van der Waals surface area contributed by atoms with Gasteiger partial charge < -0.3 is 14.8 Å². The largest absolute Gasteiger partial charge is 0.493 e. The summed E-state index contributed by atoms with van der Waals surface area (Å²) in [5, 5.41) is 3.99. The predicted molar refractivity (Wildman–Crippen MR) is 168 cm³/mol. The van der Waals surface area contributed by atoms with Gasteiger partial charge in [-0.3, -0.25) is 14.7 Å². The van der Waals surface area contributed by atoms with E-state index in [9.17, 15) is 9.59 Å². The lowest BCUT2D eigenvalue weighted by atomic mass is 9.90. The molecule has 1 unspecified atom stereocenters. The highest BCUT2D eigenvalue weighted by Gasteiger charge is 2.48. The molecule has 0 radical (unpaired) electrons. The van der Waals surface area contributed by atoms with Gasteiger partial charge in [0.15, 0.2) is 0 Å². The third-order valence-electron chi connectivity index (χ3n) is 8.68. The highest BCUT2D eigenvalue weighted by molar-refractivity contribution is 6.07. The summed E-state index contributed by atoms with van der Waals surface area (Å²) in [6.07, 6.45) is 8.25. The number of carbonyl (C=O) groups excluding carboxylic acids is 2. The SMILES string of the molecule is Cc1cccc2c(OCCCCCCCN3C(=O)NC(C)(c4ccc5c(c4)CCO5)C3=O)c(Cc3ccccc3)cnc12. The van der Waals surface area contributed by atoms with Crippen LogP contribution in [0.25, 0.3) is 10.9 Å². The quantitative estimate of drug-likeness (QED) is 0.147. The van der Waals surface area contributed by atoms with E-state index in [2.05, 4.69) is 54.7 Å². The number of aromatic nitrogens is 1. The normalized spacial score (nSPS) is 17.7. The van der Waals surface area contributed by atoms with Gasteiger partial charge in [-0.15, -0.1) is 0 Å². The Morgan fingerprint density at radius 2 is 1.79 bits per heavy atom. The average Bonchev–Trinajstić information content (AvgIpc) is 3.57. The molecule has 0 aliphatic carbocycles. The van der Waals surface area contributed by atoms with Gasteiger partial charge in [-0.25, -0.2) is 4.79 Å². The molecule has 7 heteroatoms. The number of amides is 3. The van der Waals surface area contributed by atoms with Crippen molar-refractivity contribution in [1.29, 1.82) is 0 Å². The van der Waals surface area contributed by atoms with Gasteiger partial charge >= 0.3 is 6.03 Å². The Morgan fingerprint density at radius 1 is 0.977 bits per heavy atom. The number of hydrogen-bond acceptors (Lipinski definition) is 5. The lowest BCUT2D eigenvalue weighted by molar-refractivity contribution is -0.131. The van der Waals surface area contributed by atoms with Crippen LogP contribution in [0.4, 0.5) is 4.79 Å². The molecule has 3 amide bonds. The summed E-state index contributed by atoms with van der Waals surface area (Å²) in [4.78, 5) is 32.2. The standard InChI is InChI=1S/C36H39N3O4/c1-25-12-11-15-30-32(25)37-24-28(22-26-13-7-6-8-14-26)33(30)43-20-10-5-3-4-9-19-39-34(40)36(2,38-35(39)41)29-16-17-31-27(23-29)18-21-42-31/h6-8,11-17,23-24H,3-5,9-10,18-22H2,1-2H3,(H,38,41). The van der Waals surface area contributed by atoms with Crippen LogP contribution in [-0.2, 0) is 23.2 Å². The molecule has 1 atom stereocenters. The number of nitrogens with one attached hydrogen (secondary N) is 1. The van der Waals surface area contributed by atoms with Crippen molar-refractivity contribution in [3.63, 3.8) is 0 Å². The Balaban J connectivity index is 0.986. The van der Waals surface area contributed by atoms with Crippen LogP contribution in [0.15, 0.2) is 72.9 Å². The van der Waals surface area contributed by atoms with Gasteiger partial charge in [-0.2, -0.15) is 0 Å². The van der Waals surface area contributed by atoms with Gasteiger partial charge in [-0.1, -0.05) is 67.8 Å². The van der Waals surface area contributed by atoms with E-state index < -0.39 is 5.54 Å². The smallest absolute Gasteiger partial charge is 0.325 e. The van der Waals surface area contributed by atoms with Crippen LogP contribution in [0.5, 0.6) is 11.5 Å². The summed E-state index contributed by atoms with van der Waals surface area (Å²) in [5.41, 5.74) is 5.30. The first-order valence-corrected chi connectivity index (χ1v) is 15.4. The second kappa shape index (κ2) is 12.5. The minimum atomic E-state index is -1.04. The first-order chi connectivity index (χ1) is 20.9. The number of benzene rings is 3. The molecule has 1 fully saturated rings. The van der Waals surface area contributed by atoms with Crippen molar-refractivity contribution < 1.29 is 19.1 Å². The number of aryl methyl sites for hydroxylation is 1. The van der Waals surface area contributed by atoms with E-state index in [1.807, 2.05) is 30.5 Å². The van der Waals surface area contributed by atoms with E-state index >= 15 is 0 Å². The van der Waals surface area contributed by atoms with Crippen molar-refractivity contribution in [2.24, 2.45) is 0 Å². The monoisotopic (exact) mass is 577 g/mol. The molecule has 7 nitrogen and oxygen atoms in total. The third-order valence-corrected chi connectivity index (χ3v) is 8.68. The number of carbonyl (C=O) groups is 2. The predicted octanol–water partition coefficient (Wildman–Crippen LogP) is 6.87. The molecule has 0 bridgehead atoms. The van der Waals surface area contributed by atoms with Crippen molar-refractivity contribution in [3.05, 3.63) is 101 Å². The average molecular weight is 578 g/mol. The second-order valence-electron chi connectivity index (χ2n) is 11.8. The van der Waals surface area contributed by atoms with Crippen LogP contribution in [0, 0.1) is 6.92 Å². The maximum absolute atomic E-state index is 13.3. The van der Waals surface area contributed by atoms with Gasteiger partial charge in [0.1, 0.15) is 17.0 Å². The highest BCUT2D eigenvalue weighted by atomic mass is 16.5. The van der Waals surface area contributed by atoms with E-state index in [-0.39, 0.29) is 11.9 Å². The molecule has 1 aromatic heterocycles. The van der Waals surface area contributed by atoms with E-state index in [0.717, 1.165) is 89.6 Å². The molecular formula is C36H39N3O4. The maximum atomic E-state index is 13.3. The summed E-state index contributed by atoms with van der Waals surface area (Å²) in [7, 11) is 0. The molecule has 4 aromatic rings. The number of imide groups is 1. The fourth-order valence-corrected chi connectivity index (χ4v) is 6.17. The molecule has 1 saturated heterocycles. The first kappa shape index (κ1) is 28.7. The van der Waals surface area contributed by atoms with Crippen molar-refractivity contribution in [1.82, 2.24) is 15.2 Å². The molecule has 2 aliphatic heterocycles. The van der Waals surface area contributed by atoms with Gasteiger partial charge in [0.05, 0.1) is 18.7 Å². The Kier molecular flexibility index (Phi) is 8.32. The minimum Gasteiger partial charge on any atom is -0.493 e. The third kappa shape index (κ3) is 5.94. The first-order valence-electron chi connectivity index (χ1n) is 15.4. The number of pyridine rings is 1. The molecule has 2 aliphatic rings. The molecule has 43 heavy (non-hydrogen) atoms. The summed E-state index contributed by atoms with van der Waals surface area (Å²) in [5.74, 6) is 1.61. The van der Waals surface area contributed by atoms with Crippen molar-refractivity contribution in [2.75, 3.05) is 19.8 Å². The zero-order chi connectivity index (χ0) is 29.8. The summed E-state index contributed by atoms with van der Waals surface area (Å²) in [6.45, 7) is 5.59. The van der Waals surface area contributed by atoms with Crippen LogP contribution < -0.4 is 14.8 Å². The van der Waals surface area contributed by atoms with E-state index in [1.165, 1.54) is 10.5 Å². The molecule has 3 aromatic carbocycles. The maximum Gasteiger partial charge on any atom is 0.325 e. The molecule has 0 saturated carbocycles. The van der Waals surface area contributed by atoms with Crippen molar-refractivity contribution in [2.45, 2.75) is 64.3 Å². The lowest BCUT2D eigenvalue weighted by Gasteiger charge is -2.23. The Labute approximate surface area is 253 Å². The van der Waals surface area contributed by atoms with Gasteiger partial charge in [0, 0.05) is 36.5 Å². The van der Waals surface area contributed by atoms with E-state index in [4.69, 9.17) is 14.5 Å². The van der Waals surface area contributed by atoms with Crippen LogP contribution in [-0.4, -0.2) is 41.6 Å². The summed E-state index contributed by atoms with van der Waals surface area (Å²) in [6, 6.07) is 22.1. The number of urea groups is 1. The fourth-order valence-electron chi connectivity index (χ4n) is 6.17. The zero-order valence-corrected chi connectivity index (χ0v) is 25.0. The Morgan fingerprint density at radius 3 is 2.65 bits per heavy atom. The molecule has 0 spiro atoms. The summed E-state index contributed by atoms with van der Waals surface area (Å²) < 4.78 is 12.0. The second-order valence-corrected chi connectivity index (χ2v) is 11.8. The van der Waals surface area contributed by atoms with Crippen molar-refractivity contribution in [3.8, 4) is 11.5 Å². The Hall–Kier alpha value is -4.39. The van der Waals surface area contributed by atoms with E-state index in [0.29, 0.717) is 19.8 Å². The fraction of sp³-hybridized carbons (Fsp3) is 0.361. The van der Waals surface area contributed by atoms with Gasteiger partial charge in [-0.05, 0) is 67.1 Å². The number of fused-ring (bicyclic) bond motifs is 2. The highest BCUT2D eigenvalue weighted by Crippen LogP contribution is 2.35. The molecule has 1 N–H and O–H groups in total. The number of ether oxygens (including phenoxy) is 2. The van der Waals surface area contributed by atoms with Crippen molar-refractivity contribution >= 4 is 22.8 Å². The molecule has 6 rings (SSSR count). The van der Waals surface area contributed by atoms with Crippen LogP contribution in [0.2, 0.25) is 0 Å². The van der Waals surface area contributed by atoms with Crippen LogP contribution in [0.1, 0.15) is 66.8 Å². The molecular weight excluding hydrogens is 538 g/mol. The molecule has 222 valence electrons. The van der Waals surface area contributed by atoms with Crippen LogP contribution >= 0.6 is 0 Å². The number of nitrogens with zero attached hydrogens (tertiary/aromatic N) is 2. The lowest BCUT2D eigenvalue weighted by Crippen LogP contribution is -2.41. The van der Waals surface area contributed by atoms with E-state index in [1.54, 1.807) is 6.92 Å². The minimum absolute atomic E-state index is 0.184. The topological polar surface area (TPSA) is 80.8 Å². The van der Waals surface area contributed by atoms with Gasteiger partial charge in [0.2, 0.25) is 0 Å². The number of para-hydroxylation sites is 1. The summed E-state index contributed by atoms with van der Waals surface area (Å²) >= 11 is 0. The molecule has 3 heterocycles. The Bertz CT molecular complexity index is 1640. The zero-order valence-electron chi connectivity index (χ0n) is 25.0. The van der Waals surface area contributed by atoms with Crippen LogP contribution in [0.3, 0.4) is 0 Å². The number of hydrogen-bond donors (Lipinski definition) is 1. The number of rotatable bonds is 12. The van der Waals surface area contributed by atoms with Gasteiger partial charge in [0.25, 0.3) is 5.91 Å².